The fourth-order valence-electron chi connectivity index (χ4n) is 3.17. The maximum atomic E-state index is 9.56. The van der Waals surface area contributed by atoms with E-state index in [1.807, 2.05) is 24.3 Å². The number of anilines is 1. The Morgan fingerprint density at radius 3 is 2.58 bits per heavy atom. The number of para-hydroxylation sites is 1. The van der Waals surface area contributed by atoms with Gasteiger partial charge in [0.1, 0.15) is 12.2 Å². The number of nitrogens with two attached hydrogens (primary N) is 1. The average molecular weight is 263 g/mol. The van der Waals surface area contributed by atoms with Crippen molar-refractivity contribution in [3.05, 3.63) is 29.8 Å². The predicted octanol–water partition coefficient (Wildman–Crippen LogP) is 2.38. The SMILES string of the molecule is Nc1ccccc1C1OC2(CCCCC2)OC1CO. The van der Waals surface area contributed by atoms with E-state index >= 15 is 0 Å². The van der Waals surface area contributed by atoms with Crippen molar-refractivity contribution in [2.75, 3.05) is 12.3 Å². The van der Waals surface area contributed by atoms with Crippen LogP contribution in [0, 0.1) is 0 Å². The number of benzene rings is 1. The first-order valence-corrected chi connectivity index (χ1v) is 7.05. The highest BCUT2D eigenvalue weighted by atomic mass is 16.8. The molecule has 2 aliphatic rings. The van der Waals surface area contributed by atoms with E-state index in [1.54, 1.807) is 0 Å². The van der Waals surface area contributed by atoms with Gasteiger partial charge in [-0.3, -0.25) is 0 Å². The predicted molar refractivity (Wildman–Crippen MR) is 72.5 cm³/mol. The Hall–Kier alpha value is -1.10. The van der Waals surface area contributed by atoms with Crippen LogP contribution in [0.2, 0.25) is 0 Å². The van der Waals surface area contributed by atoms with E-state index < -0.39 is 5.79 Å². The van der Waals surface area contributed by atoms with Gasteiger partial charge in [-0.1, -0.05) is 24.6 Å². The third-order valence-electron chi connectivity index (χ3n) is 4.14. The van der Waals surface area contributed by atoms with E-state index in [9.17, 15) is 5.11 Å². The molecule has 2 unspecified atom stereocenters. The smallest absolute Gasteiger partial charge is 0.169 e. The summed E-state index contributed by atoms with van der Waals surface area (Å²) in [4.78, 5) is 0. The summed E-state index contributed by atoms with van der Waals surface area (Å²) in [5.41, 5.74) is 7.64. The molecule has 1 aliphatic carbocycles. The Kier molecular flexibility index (Phi) is 3.48. The van der Waals surface area contributed by atoms with Crippen LogP contribution in [0.5, 0.6) is 0 Å². The van der Waals surface area contributed by atoms with Crippen molar-refractivity contribution < 1.29 is 14.6 Å². The molecule has 1 aromatic rings. The molecule has 1 saturated carbocycles. The van der Waals surface area contributed by atoms with Gasteiger partial charge in [0.25, 0.3) is 0 Å². The Morgan fingerprint density at radius 2 is 1.89 bits per heavy atom. The highest BCUT2D eigenvalue weighted by Crippen LogP contribution is 2.46. The van der Waals surface area contributed by atoms with E-state index in [-0.39, 0.29) is 18.8 Å². The molecule has 0 amide bonds. The lowest BCUT2D eigenvalue weighted by Gasteiger charge is -2.32. The van der Waals surface area contributed by atoms with Gasteiger partial charge in [-0.25, -0.2) is 0 Å². The molecule has 1 saturated heterocycles. The van der Waals surface area contributed by atoms with Crippen LogP contribution in [0.25, 0.3) is 0 Å². The number of aliphatic hydroxyl groups excluding tert-OH is 1. The maximum absolute atomic E-state index is 9.56. The second kappa shape index (κ2) is 5.12. The highest BCUT2D eigenvalue weighted by molar-refractivity contribution is 5.48. The fraction of sp³-hybridized carbons (Fsp3) is 0.600. The number of nitrogen functional groups attached to an aromatic ring is 1. The number of aliphatic hydroxyl groups is 1. The third kappa shape index (κ3) is 2.36. The minimum atomic E-state index is -0.501. The normalized spacial score (nSPS) is 29.7. The topological polar surface area (TPSA) is 64.7 Å². The van der Waals surface area contributed by atoms with Gasteiger partial charge in [-0.15, -0.1) is 0 Å². The Balaban J connectivity index is 1.87. The lowest BCUT2D eigenvalue weighted by atomic mass is 9.94. The maximum Gasteiger partial charge on any atom is 0.169 e. The molecule has 0 bridgehead atoms. The lowest BCUT2D eigenvalue weighted by molar-refractivity contribution is -0.196. The fourth-order valence-corrected chi connectivity index (χ4v) is 3.17. The number of hydrogen-bond acceptors (Lipinski definition) is 4. The van der Waals surface area contributed by atoms with Crippen molar-refractivity contribution in [1.29, 1.82) is 0 Å². The van der Waals surface area contributed by atoms with Gasteiger partial charge in [-0.05, 0) is 18.9 Å². The van der Waals surface area contributed by atoms with Crippen molar-refractivity contribution in [3.8, 4) is 0 Å². The number of rotatable bonds is 2. The van der Waals surface area contributed by atoms with Gasteiger partial charge >= 0.3 is 0 Å². The summed E-state index contributed by atoms with van der Waals surface area (Å²) in [7, 11) is 0. The molecule has 2 atom stereocenters. The number of hydrogen-bond donors (Lipinski definition) is 2. The minimum absolute atomic E-state index is 0.0409. The molecule has 4 nitrogen and oxygen atoms in total. The molecule has 3 N–H and O–H groups in total. The quantitative estimate of drug-likeness (QED) is 0.804. The van der Waals surface area contributed by atoms with E-state index in [0.29, 0.717) is 5.69 Å². The van der Waals surface area contributed by atoms with Crippen LogP contribution in [0.4, 0.5) is 5.69 Å². The first-order valence-electron chi connectivity index (χ1n) is 7.05. The monoisotopic (exact) mass is 263 g/mol. The summed E-state index contributed by atoms with van der Waals surface area (Å²) in [6.45, 7) is -0.0409. The first-order chi connectivity index (χ1) is 9.24. The van der Waals surface area contributed by atoms with Gasteiger partial charge in [0.15, 0.2) is 5.79 Å². The summed E-state index contributed by atoms with van der Waals surface area (Å²) in [6, 6.07) is 7.65. The zero-order chi connectivity index (χ0) is 13.3. The van der Waals surface area contributed by atoms with Crippen LogP contribution >= 0.6 is 0 Å². The molecule has 0 aromatic heterocycles. The zero-order valence-corrected chi connectivity index (χ0v) is 11.0. The molecule has 2 fully saturated rings. The molecule has 19 heavy (non-hydrogen) atoms. The summed E-state index contributed by atoms with van der Waals surface area (Å²) < 4.78 is 12.2. The molecular weight excluding hydrogens is 242 g/mol. The van der Waals surface area contributed by atoms with E-state index in [0.717, 1.165) is 31.2 Å². The molecule has 104 valence electrons. The standard InChI is InChI=1S/C15H21NO3/c16-12-7-3-2-6-11(12)14-13(10-17)18-15(19-14)8-4-1-5-9-15/h2-3,6-7,13-14,17H,1,4-5,8-10,16H2. The van der Waals surface area contributed by atoms with Crippen LogP contribution in [0.1, 0.15) is 43.8 Å². The molecule has 1 spiro atoms. The minimum Gasteiger partial charge on any atom is -0.398 e. The van der Waals surface area contributed by atoms with Crippen LogP contribution in [-0.4, -0.2) is 23.6 Å². The van der Waals surface area contributed by atoms with Crippen LogP contribution in [-0.2, 0) is 9.47 Å². The molecule has 0 radical (unpaired) electrons. The van der Waals surface area contributed by atoms with Gasteiger partial charge < -0.3 is 20.3 Å². The van der Waals surface area contributed by atoms with Gasteiger partial charge in [0, 0.05) is 24.1 Å². The molecule has 1 aliphatic heterocycles. The van der Waals surface area contributed by atoms with E-state index in [2.05, 4.69) is 0 Å². The second-order valence-electron chi connectivity index (χ2n) is 5.48. The van der Waals surface area contributed by atoms with Crippen LogP contribution in [0.3, 0.4) is 0 Å². The van der Waals surface area contributed by atoms with Crippen molar-refractivity contribution in [3.63, 3.8) is 0 Å². The molecule has 1 aromatic carbocycles. The Labute approximate surface area is 113 Å². The van der Waals surface area contributed by atoms with Crippen LogP contribution in [0.15, 0.2) is 24.3 Å². The van der Waals surface area contributed by atoms with Crippen molar-refractivity contribution in [1.82, 2.24) is 0 Å². The molecule has 1 heterocycles. The molecule has 4 heteroatoms. The van der Waals surface area contributed by atoms with Crippen molar-refractivity contribution in [2.45, 2.75) is 50.1 Å². The average Bonchev–Trinajstić information content (AvgIpc) is 2.78. The Bertz CT molecular complexity index is 443. The van der Waals surface area contributed by atoms with Gasteiger partial charge in [0.2, 0.25) is 0 Å². The van der Waals surface area contributed by atoms with Crippen molar-refractivity contribution >= 4 is 5.69 Å². The van der Waals surface area contributed by atoms with E-state index in [1.165, 1.54) is 6.42 Å². The highest BCUT2D eigenvalue weighted by Gasteiger charge is 2.48. The largest absolute Gasteiger partial charge is 0.398 e. The van der Waals surface area contributed by atoms with Crippen molar-refractivity contribution in [2.24, 2.45) is 0 Å². The van der Waals surface area contributed by atoms with E-state index in [4.69, 9.17) is 15.2 Å². The third-order valence-corrected chi connectivity index (χ3v) is 4.14. The Morgan fingerprint density at radius 1 is 1.16 bits per heavy atom. The summed E-state index contributed by atoms with van der Waals surface area (Å²) in [5, 5.41) is 9.56. The molecular formula is C15H21NO3. The lowest BCUT2D eigenvalue weighted by Crippen LogP contribution is -2.33. The number of ether oxygens (including phenoxy) is 2. The summed E-state index contributed by atoms with van der Waals surface area (Å²) >= 11 is 0. The first kappa shape index (κ1) is 12.9. The second-order valence-corrected chi connectivity index (χ2v) is 5.48. The van der Waals surface area contributed by atoms with Crippen LogP contribution < -0.4 is 5.73 Å². The molecule has 3 rings (SSSR count). The van der Waals surface area contributed by atoms with Gasteiger partial charge in [0.05, 0.1) is 6.61 Å². The van der Waals surface area contributed by atoms with Gasteiger partial charge in [-0.2, -0.15) is 0 Å². The zero-order valence-electron chi connectivity index (χ0n) is 11.0. The summed E-state index contributed by atoms with van der Waals surface area (Å²) in [5.74, 6) is -0.501. The summed E-state index contributed by atoms with van der Waals surface area (Å²) in [6.07, 6.45) is 4.72.